The van der Waals surface area contributed by atoms with E-state index in [1.54, 1.807) is 0 Å². The Labute approximate surface area is 282 Å². The van der Waals surface area contributed by atoms with Crippen LogP contribution in [-0.2, 0) is 4.74 Å². The molecule has 9 heteroatoms. The van der Waals surface area contributed by atoms with Crippen molar-refractivity contribution in [1.82, 2.24) is 30.5 Å². The maximum Gasteiger partial charge on any atom is 0.230 e. The monoisotopic (exact) mass is 643 g/mol. The predicted molar refractivity (Wildman–Crippen MR) is 193 cm³/mol. The first-order valence-corrected chi connectivity index (χ1v) is 18.6. The number of hydrogen-bond donors (Lipinski definition) is 2. The Morgan fingerprint density at radius 2 is 1.20 bits per heavy atom. The molecule has 0 unspecified atom stereocenters. The highest BCUT2D eigenvalue weighted by molar-refractivity contribution is 5.41. The van der Waals surface area contributed by atoms with Crippen molar-refractivity contribution in [2.24, 2.45) is 0 Å². The van der Waals surface area contributed by atoms with Gasteiger partial charge in [-0.3, -0.25) is 4.90 Å². The van der Waals surface area contributed by atoms with Gasteiger partial charge in [0.1, 0.15) is 5.82 Å². The van der Waals surface area contributed by atoms with Crippen molar-refractivity contribution >= 4 is 11.9 Å². The first-order chi connectivity index (χ1) is 21.4. The van der Waals surface area contributed by atoms with Crippen LogP contribution < -0.4 is 20.4 Å². The van der Waals surface area contributed by atoms with Crippen LogP contribution in [-0.4, -0.2) is 99.5 Å². The molecule has 0 amide bonds. The summed E-state index contributed by atoms with van der Waals surface area (Å²) in [5, 5.41) is 7.77. The van der Waals surface area contributed by atoms with Crippen molar-refractivity contribution in [2.75, 3.05) is 49.2 Å². The maximum atomic E-state index is 5.65. The van der Waals surface area contributed by atoms with E-state index in [1.807, 2.05) is 0 Å². The third-order valence-corrected chi connectivity index (χ3v) is 10.2. The molecular formula is C37H70N8O. The van der Waals surface area contributed by atoms with Gasteiger partial charge >= 0.3 is 0 Å². The standard InChI is InChI=1S/C37H70N8O/c1-27(2)31-38-32(43-19-21-46-22-20-43)40-33(39-31)45(30-25-36(9,10)42-37(11,12)26-30)18-16-14-13-15-17-44(28(3)4)29-23-34(5,6)41-35(7,8)24-29/h27-30,41-42H,13-26H2,1-12H3. The van der Waals surface area contributed by atoms with E-state index in [-0.39, 0.29) is 28.1 Å². The van der Waals surface area contributed by atoms with Gasteiger partial charge in [0, 0.05) is 65.8 Å². The van der Waals surface area contributed by atoms with Crippen LogP contribution in [0.4, 0.5) is 11.9 Å². The molecule has 264 valence electrons. The molecule has 1 aromatic rings. The van der Waals surface area contributed by atoms with Crippen LogP contribution in [0.5, 0.6) is 0 Å². The molecule has 4 rings (SSSR count). The Morgan fingerprint density at radius 1 is 0.696 bits per heavy atom. The molecule has 2 N–H and O–H groups in total. The Kier molecular flexibility index (Phi) is 12.1. The molecule has 3 fully saturated rings. The lowest BCUT2D eigenvalue weighted by Gasteiger charge is -2.50. The van der Waals surface area contributed by atoms with E-state index >= 15 is 0 Å². The van der Waals surface area contributed by atoms with Gasteiger partial charge in [-0.1, -0.05) is 26.7 Å². The van der Waals surface area contributed by atoms with Crippen LogP contribution >= 0.6 is 0 Å². The molecule has 9 nitrogen and oxygen atoms in total. The SMILES string of the molecule is CC(C)c1nc(N2CCOCC2)nc(N(CCCCCCN(C(C)C)C2CC(C)(C)NC(C)(C)C2)C2CC(C)(C)NC(C)(C)C2)n1. The van der Waals surface area contributed by atoms with Crippen molar-refractivity contribution in [2.45, 2.75) is 181 Å². The number of piperidine rings is 2. The van der Waals surface area contributed by atoms with E-state index in [0.717, 1.165) is 69.8 Å². The fourth-order valence-corrected chi connectivity index (χ4v) is 8.89. The first-order valence-electron chi connectivity index (χ1n) is 18.6. The molecule has 46 heavy (non-hydrogen) atoms. The minimum Gasteiger partial charge on any atom is -0.378 e. The summed E-state index contributed by atoms with van der Waals surface area (Å²) in [6.45, 7) is 33.3. The minimum absolute atomic E-state index is 0.0453. The maximum absolute atomic E-state index is 5.65. The lowest BCUT2D eigenvalue weighted by atomic mass is 9.78. The molecule has 3 saturated heterocycles. The van der Waals surface area contributed by atoms with Crippen molar-refractivity contribution in [3.8, 4) is 0 Å². The van der Waals surface area contributed by atoms with E-state index in [2.05, 4.69) is 108 Å². The van der Waals surface area contributed by atoms with Crippen LogP contribution in [0.15, 0.2) is 0 Å². The zero-order valence-electron chi connectivity index (χ0n) is 31.8. The van der Waals surface area contributed by atoms with Crippen molar-refractivity contribution in [3.63, 3.8) is 0 Å². The van der Waals surface area contributed by atoms with Gasteiger partial charge in [0.15, 0.2) is 0 Å². The van der Waals surface area contributed by atoms with Crippen LogP contribution in [0.25, 0.3) is 0 Å². The molecule has 0 aromatic carbocycles. The van der Waals surface area contributed by atoms with Gasteiger partial charge in [-0.05, 0) is 114 Å². The highest BCUT2D eigenvalue weighted by atomic mass is 16.5. The number of nitrogens with zero attached hydrogens (tertiary/aromatic N) is 6. The molecule has 3 aliphatic heterocycles. The molecule has 0 radical (unpaired) electrons. The van der Waals surface area contributed by atoms with E-state index < -0.39 is 0 Å². The number of rotatable bonds is 13. The van der Waals surface area contributed by atoms with Crippen molar-refractivity contribution in [3.05, 3.63) is 5.82 Å². The molecule has 0 spiro atoms. The average molecular weight is 643 g/mol. The second-order valence-electron chi connectivity index (χ2n) is 17.9. The van der Waals surface area contributed by atoms with Crippen molar-refractivity contribution in [1.29, 1.82) is 0 Å². The molecule has 3 aliphatic rings. The number of morpholine rings is 1. The second kappa shape index (κ2) is 14.9. The number of ether oxygens (including phenoxy) is 1. The Bertz CT molecular complexity index is 1080. The van der Waals surface area contributed by atoms with E-state index in [4.69, 9.17) is 19.7 Å². The second-order valence-corrected chi connectivity index (χ2v) is 17.9. The van der Waals surface area contributed by atoms with Crippen LogP contribution in [0.2, 0.25) is 0 Å². The Balaban J connectivity index is 1.46. The molecule has 0 saturated carbocycles. The minimum atomic E-state index is 0.0453. The summed E-state index contributed by atoms with van der Waals surface area (Å²) in [5.41, 5.74) is 0.438. The van der Waals surface area contributed by atoms with Gasteiger partial charge in [0.05, 0.1) is 13.2 Å². The summed E-state index contributed by atoms with van der Waals surface area (Å²) in [6.07, 6.45) is 9.44. The topological polar surface area (TPSA) is 81.7 Å². The highest BCUT2D eigenvalue weighted by Gasteiger charge is 2.42. The Morgan fingerprint density at radius 3 is 1.70 bits per heavy atom. The van der Waals surface area contributed by atoms with Gasteiger partial charge in [-0.15, -0.1) is 0 Å². The molecule has 1 aromatic heterocycles. The lowest BCUT2D eigenvalue weighted by molar-refractivity contribution is 0.0466. The number of nitrogens with one attached hydrogen (secondary N) is 2. The van der Waals surface area contributed by atoms with E-state index in [0.29, 0.717) is 18.1 Å². The summed E-state index contributed by atoms with van der Waals surface area (Å²) in [7, 11) is 0. The van der Waals surface area contributed by atoms with Crippen molar-refractivity contribution < 1.29 is 4.74 Å². The quantitative estimate of drug-likeness (QED) is 0.234. The smallest absolute Gasteiger partial charge is 0.230 e. The van der Waals surface area contributed by atoms with E-state index in [1.165, 1.54) is 38.6 Å². The van der Waals surface area contributed by atoms with Gasteiger partial charge in [-0.2, -0.15) is 15.0 Å². The fraction of sp³-hybridized carbons (Fsp3) is 0.919. The molecule has 0 bridgehead atoms. The largest absolute Gasteiger partial charge is 0.378 e. The zero-order chi connectivity index (χ0) is 33.9. The summed E-state index contributed by atoms with van der Waals surface area (Å²) in [5.74, 6) is 2.81. The summed E-state index contributed by atoms with van der Waals surface area (Å²) in [4.78, 5) is 22.9. The number of unbranched alkanes of at least 4 members (excludes halogenated alkanes) is 3. The average Bonchev–Trinajstić information content (AvgIpc) is 2.91. The highest BCUT2D eigenvalue weighted by Crippen LogP contribution is 2.35. The summed E-state index contributed by atoms with van der Waals surface area (Å²) in [6, 6.07) is 1.57. The fourth-order valence-electron chi connectivity index (χ4n) is 8.89. The predicted octanol–water partition coefficient (Wildman–Crippen LogP) is 6.53. The zero-order valence-corrected chi connectivity index (χ0v) is 31.8. The number of aromatic nitrogens is 3. The van der Waals surface area contributed by atoms with Gasteiger partial charge in [-0.25, -0.2) is 0 Å². The Hall–Kier alpha value is -1.55. The molecule has 0 aliphatic carbocycles. The van der Waals surface area contributed by atoms with Gasteiger partial charge < -0.3 is 25.2 Å². The molecule has 4 heterocycles. The first kappa shape index (κ1) is 37.3. The van der Waals surface area contributed by atoms with Crippen LogP contribution in [0.3, 0.4) is 0 Å². The molecular weight excluding hydrogens is 572 g/mol. The molecule has 0 atom stereocenters. The summed E-state index contributed by atoms with van der Waals surface area (Å²) < 4.78 is 5.65. The third kappa shape index (κ3) is 10.5. The number of anilines is 2. The van der Waals surface area contributed by atoms with E-state index in [9.17, 15) is 0 Å². The van der Waals surface area contributed by atoms with Gasteiger partial charge in [0.2, 0.25) is 11.9 Å². The van der Waals surface area contributed by atoms with Crippen LogP contribution in [0, 0.1) is 0 Å². The lowest BCUT2D eigenvalue weighted by Crippen LogP contribution is -2.63. The normalized spacial score (nSPS) is 23.4. The number of hydrogen-bond acceptors (Lipinski definition) is 9. The third-order valence-electron chi connectivity index (χ3n) is 10.2. The summed E-state index contributed by atoms with van der Waals surface area (Å²) >= 11 is 0. The van der Waals surface area contributed by atoms with Gasteiger partial charge in [0.25, 0.3) is 0 Å². The van der Waals surface area contributed by atoms with Crippen LogP contribution in [0.1, 0.15) is 146 Å².